The number of hydrogen-bond acceptors (Lipinski definition) is 5. The molecule has 0 radical (unpaired) electrons. The van der Waals surface area contributed by atoms with Gasteiger partial charge in [0.15, 0.2) is 11.6 Å². The third-order valence-corrected chi connectivity index (χ3v) is 14.8. The second kappa shape index (κ2) is 16.4. The van der Waals surface area contributed by atoms with Crippen LogP contribution in [0.15, 0.2) is 235 Å². The number of benzene rings is 9. The summed E-state index contributed by atoms with van der Waals surface area (Å²) in [5.41, 5.74) is 14.6. The molecule has 0 atom stereocenters. The van der Waals surface area contributed by atoms with Crippen molar-refractivity contribution in [1.82, 2.24) is 19.5 Å². The summed E-state index contributed by atoms with van der Waals surface area (Å²) in [5.74, 6) is 1.68. The first-order valence-electron chi connectivity index (χ1n) is 23.6. The second-order valence-corrected chi connectivity index (χ2v) is 19.0. The minimum atomic E-state index is 0.532. The number of thiophene rings is 1. The van der Waals surface area contributed by atoms with Gasteiger partial charge in [-0.1, -0.05) is 170 Å². The zero-order chi connectivity index (χ0) is 46.1. The molecule has 0 amide bonds. The molecule has 0 aliphatic heterocycles. The molecule has 0 fully saturated rings. The standard InChI is InChI=1S/C64H40N4OS/c1-3-15-40(16-4-1)45-30-33-56-54(37-45)53-26-14-25-49(47-22-13-21-44(36-47)42-19-7-8-20-43(35-42)46-31-34-60-55(38-46)52-24-10-12-28-59(52)70-60)61(53)68(56)64-66-62(41-17-5-2-6-18-41)65-63(67-64)48-29-32-51-50-23-9-11-27-57(50)69-58(51)39-48/h1-7,9-39H,8H2. The number of fused-ring (bicyclic) bond motifs is 9. The molecule has 6 heteroatoms. The van der Waals surface area contributed by atoms with Crippen molar-refractivity contribution < 1.29 is 4.42 Å². The van der Waals surface area contributed by atoms with Crippen molar-refractivity contribution in [2.24, 2.45) is 0 Å². The van der Waals surface area contributed by atoms with Crippen LogP contribution in [-0.2, 0) is 0 Å². The molecular weight excluding hydrogens is 873 g/mol. The van der Waals surface area contributed by atoms with E-state index >= 15 is 0 Å². The Balaban J connectivity index is 0.960. The summed E-state index contributed by atoms with van der Waals surface area (Å²) in [6.07, 6.45) is 10.1. The van der Waals surface area contributed by atoms with Gasteiger partial charge in [-0.3, -0.25) is 4.57 Å². The minimum absolute atomic E-state index is 0.532. The van der Waals surface area contributed by atoms with Crippen molar-refractivity contribution in [2.75, 3.05) is 0 Å². The predicted octanol–water partition coefficient (Wildman–Crippen LogP) is 17.3. The Hall–Kier alpha value is -8.97. The van der Waals surface area contributed by atoms with Crippen molar-refractivity contribution in [3.63, 3.8) is 0 Å². The maximum atomic E-state index is 6.39. The van der Waals surface area contributed by atoms with Gasteiger partial charge in [0, 0.05) is 58.4 Å². The fourth-order valence-corrected chi connectivity index (χ4v) is 11.4. The molecule has 5 nitrogen and oxygen atoms in total. The molecule has 4 aromatic heterocycles. The third kappa shape index (κ3) is 6.80. The number of hydrogen-bond donors (Lipinski definition) is 0. The zero-order valence-electron chi connectivity index (χ0n) is 37.8. The van der Waals surface area contributed by atoms with E-state index in [1.54, 1.807) is 0 Å². The molecule has 13 aromatic rings. The Labute approximate surface area is 407 Å². The van der Waals surface area contributed by atoms with Crippen LogP contribution in [0.5, 0.6) is 0 Å². The molecule has 70 heavy (non-hydrogen) atoms. The van der Waals surface area contributed by atoms with E-state index in [0.717, 1.165) is 94.7 Å². The van der Waals surface area contributed by atoms with Gasteiger partial charge in [0.05, 0.1) is 11.0 Å². The first-order valence-corrected chi connectivity index (χ1v) is 24.5. The van der Waals surface area contributed by atoms with Gasteiger partial charge in [-0.2, -0.15) is 9.97 Å². The summed E-state index contributed by atoms with van der Waals surface area (Å²) < 4.78 is 11.3. The molecule has 1 aliphatic rings. The smallest absolute Gasteiger partial charge is 0.238 e. The Bertz CT molecular complexity index is 4320. The highest BCUT2D eigenvalue weighted by molar-refractivity contribution is 7.25. The van der Waals surface area contributed by atoms with Crippen LogP contribution in [-0.4, -0.2) is 19.5 Å². The van der Waals surface area contributed by atoms with E-state index in [4.69, 9.17) is 19.4 Å². The van der Waals surface area contributed by atoms with Crippen LogP contribution in [0.25, 0.3) is 126 Å². The normalized spacial score (nSPS) is 12.9. The molecule has 0 saturated heterocycles. The molecule has 14 rings (SSSR count). The highest BCUT2D eigenvalue weighted by Gasteiger charge is 2.22. The van der Waals surface area contributed by atoms with Gasteiger partial charge >= 0.3 is 0 Å². The molecule has 9 aromatic carbocycles. The molecule has 4 heterocycles. The second-order valence-electron chi connectivity index (χ2n) is 17.9. The Morgan fingerprint density at radius 3 is 1.96 bits per heavy atom. The first-order chi connectivity index (χ1) is 34.7. The van der Waals surface area contributed by atoms with Crippen LogP contribution in [0, 0.1) is 0 Å². The van der Waals surface area contributed by atoms with Crippen LogP contribution in [0.2, 0.25) is 0 Å². The predicted molar refractivity (Wildman–Crippen MR) is 292 cm³/mol. The van der Waals surface area contributed by atoms with Crippen molar-refractivity contribution in [3.05, 3.63) is 242 Å². The fraction of sp³-hybridized carbons (Fsp3) is 0.0156. The van der Waals surface area contributed by atoms with Crippen molar-refractivity contribution in [2.45, 2.75) is 6.42 Å². The maximum absolute atomic E-state index is 6.39. The van der Waals surface area contributed by atoms with E-state index in [2.05, 4.69) is 199 Å². The summed E-state index contributed by atoms with van der Waals surface area (Å²) in [5, 5.41) is 6.97. The molecular formula is C64H40N4OS. The van der Waals surface area contributed by atoms with Gasteiger partial charge in [-0.15, -0.1) is 11.3 Å². The minimum Gasteiger partial charge on any atom is -0.456 e. The van der Waals surface area contributed by atoms with Crippen molar-refractivity contribution >= 4 is 86.4 Å². The lowest BCUT2D eigenvalue weighted by Gasteiger charge is -2.14. The fourth-order valence-electron chi connectivity index (χ4n) is 10.3. The Morgan fingerprint density at radius 2 is 1.07 bits per heavy atom. The van der Waals surface area contributed by atoms with Crippen molar-refractivity contribution in [1.29, 1.82) is 0 Å². The average Bonchev–Trinajstić information content (AvgIpc) is 4.03. The van der Waals surface area contributed by atoms with E-state index in [-0.39, 0.29) is 0 Å². The van der Waals surface area contributed by atoms with E-state index in [0.29, 0.717) is 17.6 Å². The number of rotatable bonds is 7. The number of nitrogens with zero attached hydrogens (tertiary/aromatic N) is 4. The molecule has 0 spiro atoms. The van der Waals surface area contributed by atoms with Crippen molar-refractivity contribution in [3.8, 4) is 51.0 Å². The molecule has 0 unspecified atom stereocenters. The monoisotopic (exact) mass is 912 g/mol. The summed E-state index contributed by atoms with van der Waals surface area (Å²) in [6.45, 7) is 0. The summed E-state index contributed by atoms with van der Waals surface area (Å²) >= 11 is 1.86. The van der Waals surface area contributed by atoms with Gasteiger partial charge in [-0.25, -0.2) is 4.98 Å². The maximum Gasteiger partial charge on any atom is 0.238 e. The number of allylic oxidation sites excluding steroid dienone is 6. The molecule has 0 N–H and O–H groups in total. The summed E-state index contributed by atoms with van der Waals surface area (Å²) in [4.78, 5) is 15.9. The largest absolute Gasteiger partial charge is 0.456 e. The van der Waals surface area contributed by atoms with Crippen LogP contribution < -0.4 is 0 Å². The Morgan fingerprint density at radius 1 is 0.414 bits per heavy atom. The first kappa shape index (κ1) is 40.1. The average molecular weight is 913 g/mol. The van der Waals surface area contributed by atoms with Crippen LogP contribution >= 0.6 is 11.3 Å². The zero-order valence-corrected chi connectivity index (χ0v) is 38.6. The number of furan rings is 1. The SMILES string of the molecule is C1=CC(c2cccc(-c3cccc4c5cc(-c6ccccc6)ccc5n(-c5nc(-c6ccccc6)nc(-c6ccc7c(c6)oc6ccccc67)n5)c34)c2)=CC(c2ccc3sc4ccccc4c3c2)=CC1. The molecule has 0 bridgehead atoms. The number of para-hydroxylation sites is 2. The van der Waals surface area contributed by atoms with Gasteiger partial charge < -0.3 is 4.42 Å². The lowest BCUT2D eigenvalue weighted by Crippen LogP contribution is -2.07. The van der Waals surface area contributed by atoms with E-state index < -0.39 is 0 Å². The van der Waals surface area contributed by atoms with Gasteiger partial charge in [0.1, 0.15) is 11.2 Å². The molecule has 0 saturated carbocycles. The quantitative estimate of drug-likeness (QED) is 0.160. The summed E-state index contributed by atoms with van der Waals surface area (Å²) in [6, 6.07) is 73.1. The van der Waals surface area contributed by atoms with Gasteiger partial charge in [0.2, 0.25) is 5.95 Å². The molecule has 328 valence electrons. The van der Waals surface area contributed by atoms with Gasteiger partial charge in [-0.05, 0) is 106 Å². The van der Waals surface area contributed by atoms with E-state index in [1.165, 1.54) is 31.3 Å². The third-order valence-electron chi connectivity index (χ3n) is 13.7. The van der Waals surface area contributed by atoms with E-state index in [9.17, 15) is 0 Å². The number of aromatic nitrogens is 4. The lowest BCUT2D eigenvalue weighted by atomic mass is 9.95. The van der Waals surface area contributed by atoms with Crippen LogP contribution in [0.4, 0.5) is 0 Å². The highest BCUT2D eigenvalue weighted by atomic mass is 32.1. The van der Waals surface area contributed by atoms with E-state index in [1.807, 2.05) is 47.7 Å². The van der Waals surface area contributed by atoms with Gasteiger partial charge in [0.25, 0.3) is 0 Å². The van der Waals surface area contributed by atoms with Crippen LogP contribution in [0.3, 0.4) is 0 Å². The molecule has 1 aliphatic carbocycles. The van der Waals surface area contributed by atoms with Crippen LogP contribution in [0.1, 0.15) is 17.5 Å². The summed E-state index contributed by atoms with van der Waals surface area (Å²) in [7, 11) is 0. The highest BCUT2D eigenvalue weighted by Crippen LogP contribution is 2.42. The topological polar surface area (TPSA) is 56.7 Å². The Kier molecular flexibility index (Phi) is 9.39. The lowest BCUT2D eigenvalue weighted by molar-refractivity contribution is 0.669.